The fraction of sp³-hybridized carbons (Fsp3) is 0.350. The lowest BCUT2D eigenvalue weighted by molar-refractivity contribution is -0.139. The first-order valence-electron chi connectivity index (χ1n) is 8.82. The largest absolute Gasteiger partial charge is 0.487 e. The van der Waals surface area contributed by atoms with Crippen molar-refractivity contribution >= 4 is 15.8 Å². The molecule has 3 N–H and O–H groups in total. The molecule has 0 aromatic heterocycles. The Labute approximate surface area is 164 Å². The zero-order valence-corrected chi connectivity index (χ0v) is 16.5. The second kappa shape index (κ2) is 7.44. The lowest BCUT2D eigenvalue weighted by atomic mass is 9.84. The quantitative estimate of drug-likeness (QED) is 0.759. The molecule has 28 heavy (non-hydrogen) atoms. The zero-order chi connectivity index (χ0) is 20.5. The minimum absolute atomic E-state index is 0.176. The topological polar surface area (TPSA) is 116 Å². The molecule has 0 saturated carbocycles. The molecule has 0 spiro atoms. The van der Waals surface area contributed by atoms with E-state index in [0.717, 1.165) is 0 Å². The van der Waals surface area contributed by atoms with Crippen molar-refractivity contribution in [2.24, 2.45) is 5.73 Å². The predicted molar refractivity (Wildman–Crippen MR) is 103 cm³/mol. The number of sulfone groups is 1. The van der Waals surface area contributed by atoms with Crippen LogP contribution < -0.4 is 15.2 Å². The molecule has 0 amide bonds. The van der Waals surface area contributed by atoms with Gasteiger partial charge in [-0.15, -0.1) is 0 Å². The SMILES string of the molecule is CC1(C)CC(C(N)S(=O)(=O)c2ccccc2)c2ccc(OCC(=O)O)cc2O1. The normalized spacial score (nSPS) is 19.2. The van der Waals surface area contributed by atoms with Gasteiger partial charge in [-0.25, -0.2) is 13.2 Å². The van der Waals surface area contributed by atoms with Gasteiger partial charge in [-0.05, 0) is 38.5 Å². The molecule has 2 unspecified atom stereocenters. The summed E-state index contributed by atoms with van der Waals surface area (Å²) in [5.41, 5.74) is 6.29. The highest BCUT2D eigenvalue weighted by atomic mass is 32.2. The molecule has 1 heterocycles. The van der Waals surface area contributed by atoms with Crippen molar-refractivity contribution < 1.29 is 27.8 Å². The summed E-state index contributed by atoms with van der Waals surface area (Å²) in [6.45, 7) is 3.23. The molecular formula is C20H23NO6S. The van der Waals surface area contributed by atoms with Crippen molar-refractivity contribution in [1.29, 1.82) is 0 Å². The third kappa shape index (κ3) is 4.13. The van der Waals surface area contributed by atoms with E-state index in [-0.39, 0.29) is 4.90 Å². The molecule has 0 aliphatic carbocycles. The van der Waals surface area contributed by atoms with Crippen LogP contribution >= 0.6 is 0 Å². The number of benzene rings is 2. The van der Waals surface area contributed by atoms with Gasteiger partial charge < -0.3 is 20.3 Å². The van der Waals surface area contributed by atoms with Crippen molar-refractivity contribution in [3.63, 3.8) is 0 Å². The summed E-state index contributed by atoms with van der Waals surface area (Å²) >= 11 is 0. The number of nitrogens with two attached hydrogens (primary N) is 1. The van der Waals surface area contributed by atoms with Crippen LogP contribution in [0.15, 0.2) is 53.4 Å². The van der Waals surface area contributed by atoms with Crippen molar-refractivity contribution in [3.05, 3.63) is 54.1 Å². The van der Waals surface area contributed by atoms with E-state index in [9.17, 15) is 13.2 Å². The molecule has 2 aromatic rings. The van der Waals surface area contributed by atoms with Crippen LogP contribution in [0.5, 0.6) is 11.5 Å². The second-order valence-electron chi connectivity index (χ2n) is 7.38. The number of carboxylic acid groups (broad SMARTS) is 1. The van der Waals surface area contributed by atoms with E-state index in [0.29, 0.717) is 23.5 Å². The minimum Gasteiger partial charge on any atom is -0.487 e. The Hall–Kier alpha value is -2.58. The number of carboxylic acids is 1. The number of carbonyl (C=O) groups is 1. The highest BCUT2D eigenvalue weighted by Crippen LogP contribution is 2.45. The summed E-state index contributed by atoms with van der Waals surface area (Å²) in [4.78, 5) is 10.9. The van der Waals surface area contributed by atoms with Crippen LogP contribution in [0.4, 0.5) is 0 Å². The predicted octanol–water partition coefficient (Wildman–Crippen LogP) is 2.55. The highest BCUT2D eigenvalue weighted by molar-refractivity contribution is 7.92. The summed E-state index contributed by atoms with van der Waals surface area (Å²) in [5.74, 6) is -0.801. The van der Waals surface area contributed by atoms with Gasteiger partial charge in [0.15, 0.2) is 16.4 Å². The summed E-state index contributed by atoms with van der Waals surface area (Å²) < 4.78 is 37.3. The Morgan fingerprint density at radius 1 is 1.29 bits per heavy atom. The maximum Gasteiger partial charge on any atom is 0.341 e. The van der Waals surface area contributed by atoms with Gasteiger partial charge in [0.05, 0.1) is 4.90 Å². The molecule has 1 aliphatic heterocycles. The molecule has 2 atom stereocenters. The van der Waals surface area contributed by atoms with E-state index in [1.807, 2.05) is 13.8 Å². The molecule has 150 valence electrons. The lowest BCUT2D eigenvalue weighted by Crippen LogP contribution is -2.44. The van der Waals surface area contributed by atoms with Gasteiger partial charge in [-0.1, -0.05) is 24.3 Å². The van der Waals surface area contributed by atoms with E-state index in [2.05, 4.69) is 0 Å². The van der Waals surface area contributed by atoms with Crippen LogP contribution in [-0.4, -0.2) is 37.1 Å². The van der Waals surface area contributed by atoms with Gasteiger partial charge >= 0.3 is 5.97 Å². The van der Waals surface area contributed by atoms with Gasteiger partial charge in [0, 0.05) is 17.5 Å². The molecule has 0 bridgehead atoms. The Kier molecular flexibility index (Phi) is 5.36. The molecule has 3 rings (SSSR count). The standard InChI is InChI=1S/C20H23NO6S/c1-20(2)11-16(19(21)28(24,25)14-6-4-3-5-7-14)15-9-8-13(10-17(15)27-20)26-12-18(22)23/h3-10,16,19H,11-12,21H2,1-2H3,(H,22,23). The molecule has 1 aliphatic rings. The van der Waals surface area contributed by atoms with Crippen LogP contribution in [0.1, 0.15) is 31.7 Å². The van der Waals surface area contributed by atoms with E-state index >= 15 is 0 Å². The second-order valence-corrected chi connectivity index (χ2v) is 9.48. The molecule has 8 heteroatoms. The lowest BCUT2D eigenvalue weighted by Gasteiger charge is -2.39. The number of fused-ring (bicyclic) bond motifs is 1. The van der Waals surface area contributed by atoms with E-state index < -0.39 is 39.3 Å². The van der Waals surface area contributed by atoms with Crippen molar-refractivity contribution in [1.82, 2.24) is 0 Å². The first-order valence-corrected chi connectivity index (χ1v) is 10.4. The average Bonchev–Trinajstić information content (AvgIpc) is 2.64. The van der Waals surface area contributed by atoms with Crippen molar-refractivity contribution in [2.75, 3.05) is 6.61 Å². The Balaban J connectivity index is 1.97. The van der Waals surface area contributed by atoms with E-state index in [4.69, 9.17) is 20.3 Å². The number of hydrogen-bond acceptors (Lipinski definition) is 6. The van der Waals surface area contributed by atoms with Crippen LogP contribution in [0.3, 0.4) is 0 Å². The number of ether oxygens (including phenoxy) is 2. The zero-order valence-electron chi connectivity index (χ0n) is 15.7. The minimum atomic E-state index is -3.75. The monoisotopic (exact) mass is 405 g/mol. The Bertz CT molecular complexity index is 971. The summed E-state index contributed by atoms with van der Waals surface area (Å²) in [6.07, 6.45) is 0.419. The Morgan fingerprint density at radius 3 is 2.61 bits per heavy atom. The van der Waals surface area contributed by atoms with Crippen LogP contribution in [0, 0.1) is 0 Å². The first-order chi connectivity index (χ1) is 13.1. The van der Waals surface area contributed by atoms with Crippen molar-refractivity contribution in [3.8, 4) is 11.5 Å². The molecular weight excluding hydrogens is 382 g/mol. The smallest absolute Gasteiger partial charge is 0.341 e. The van der Waals surface area contributed by atoms with Crippen molar-refractivity contribution in [2.45, 2.75) is 42.1 Å². The summed E-state index contributed by atoms with van der Waals surface area (Å²) in [5, 5.41) is 7.62. The molecule has 7 nitrogen and oxygen atoms in total. The first kappa shape index (κ1) is 20.2. The maximum absolute atomic E-state index is 13.0. The third-order valence-corrected chi connectivity index (χ3v) is 6.65. The number of rotatable bonds is 6. The van der Waals surface area contributed by atoms with Gasteiger partial charge in [-0.3, -0.25) is 0 Å². The molecule has 2 aromatic carbocycles. The average molecular weight is 405 g/mol. The summed E-state index contributed by atoms with van der Waals surface area (Å²) in [7, 11) is -3.75. The van der Waals surface area contributed by atoms with Crippen LogP contribution in [0.2, 0.25) is 0 Å². The molecule has 0 fully saturated rings. The van der Waals surface area contributed by atoms with Gasteiger partial charge in [0.1, 0.15) is 22.5 Å². The Morgan fingerprint density at radius 2 is 1.96 bits per heavy atom. The van der Waals surface area contributed by atoms with E-state index in [1.165, 1.54) is 12.1 Å². The van der Waals surface area contributed by atoms with Gasteiger partial charge in [0.2, 0.25) is 0 Å². The fourth-order valence-electron chi connectivity index (χ4n) is 3.40. The maximum atomic E-state index is 13.0. The van der Waals surface area contributed by atoms with Crippen LogP contribution in [0.25, 0.3) is 0 Å². The van der Waals surface area contributed by atoms with E-state index in [1.54, 1.807) is 36.4 Å². The highest BCUT2D eigenvalue weighted by Gasteiger charge is 2.41. The third-order valence-electron chi connectivity index (χ3n) is 4.67. The number of hydrogen-bond donors (Lipinski definition) is 2. The molecule has 0 radical (unpaired) electrons. The van der Waals surface area contributed by atoms with Crippen LogP contribution in [-0.2, 0) is 14.6 Å². The van der Waals surface area contributed by atoms with Gasteiger partial charge in [-0.2, -0.15) is 0 Å². The summed E-state index contributed by atoms with van der Waals surface area (Å²) in [6, 6.07) is 13.0. The fourth-order valence-corrected chi connectivity index (χ4v) is 4.93. The van der Waals surface area contributed by atoms with Gasteiger partial charge in [0.25, 0.3) is 0 Å². The number of aliphatic carboxylic acids is 1. The molecule has 0 saturated heterocycles.